The lowest BCUT2D eigenvalue weighted by atomic mass is 10.1. The lowest BCUT2D eigenvalue weighted by Gasteiger charge is -2.24. The molecule has 33 heavy (non-hydrogen) atoms. The van der Waals surface area contributed by atoms with E-state index in [0.29, 0.717) is 12.8 Å². The van der Waals surface area contributed by atoms with Crippen molar-refractivity contribution >= 4 is 48.3 Å². The number of hydrogen-bond acceptors (Lipinski definition) is 9. The van der Waals surface area contributed by atoms with Crippen molar-refractivity contribution in [1.29, 1.82) is 0 Å². The standard InChI is InChI=1S/C18H31N5O9S/c19-6-2-1-3-10(16(29)22-11(18(31)32)4-5-13(24)25)21-17(30)12(7-14(26)27)23-15(28)9(20)8-33/h9-12,33H,1-8,19-20H2,(H,21,30)(H,22,29)(H,23,28)(H,24,25)(H,26,27)(H,31,32). The van der Waals surface area contributed by atoms with Crippen LogP contribution in [0.2, 0.25) is 0 Å². The van der Waals surface area contributed by atoms with Gasteiger partial charge in [0.05, 0.1) is 12.5 Å². The van der Waals surface area contributed by atoms with Crippen molar-refractivity contribution in [2.24, 2.45) is 11.5 Å². The van der Waals surface area contributed by atoms with Crippen molar-refractivity contribution in [1.82, 2.24) is 16.0 Å². The zero-order chi connectivity index (χ0) is 25.6. The van der Waals surface area contributed by atoms with Crippen LogP contribution in [0.15, 0.2) is 0 Å². The maximum absolute atomic E-state index is 12.7. The summed E-state index contributed by atoms with van der Waals surface area (Å²) in [7, 11) is 0. The van der Waals surface area contributed by atoms with Crippen LogP contribution < -0.4 is 27.4 Å². The number of unbranched alkanes of at least 4 members (excludes halogenated alkanes) is 1. The normalized spacial score (nSPS) is 14.3. The highest BCUT2D eigenvalue weighted by molar-refractivity contribution is 7.80. The topological polar surface area (TPSA) is 251 Å². The predicted molar refractivity (Wildman–Crippen MR) is 117 cm³/mol. The summed E-state index contributed by atoms with van der Waals surface area (Å²) in [6, 6.07) is -5.48. The number of thiol groups is 1. The van der Waals surface area contributed by atoms with E-state index < -0.39 is 72.6 Å². The summed E-state index contributed by atoms with van der Waals surface area (Å²) in [6.45, 7) is 0.290. The van der Waals surface area contributed by atoms with E-state index in [-0.39, 0.29) is 25.1 Å². The molecule has 0 heterocycles. The molecule has 0 aliphatic heterocycles. The van der Waals surface area contributed by atoms with Crippen molar-refractivity contribution in [2.75, 3.05) is 12.3 Å². The largest absolute Gasteiger partial charge is 0.481 e. The van der Waals surface area contributed by atoms with E-state index in [2.05, 4.69) is 28.6 Å². The van der Waals surface area contributed by atoms with E-state index in [1.54, 1.807) is 0 Å². The van der Waals surface area contributed by atoms with Crippen LogP contribution in [0, 0.1) is 0 Å². The molecule has 0 aliphatic carbocycles. The van der Waals surface area contributed by atoms with Crippen LogP contribution in [0.5, 0.6) is 0 Å². The molecule has 0 aromatic heterocycles. The maximum atomic E-state index is 12.7. The van der Waals surface area contributed by atoms with Gasteiger partial charge in [-0.2, -0.15) is 12.6 Å². The van der Waals surface area contributed by atoms with Gasteiger partial charge in [-0.15, -0.1) is 0 Å². The molecule has 0 aromatic carbocycles. The first kappa shape index (κ1) is 30.1. The fraction of sp³-hybridized carbons (Fsp3) is 0.667. The van der Waals surface area contributed by atoms with E-state index in [4.69, 9.17) is 21.7 Å². The summed E-state index contributed by atoms with van der Waals surface area (Å²) in [5, 5.41) is 33.7. The Morgan fingerprint density at radius 2 is 1.30 bits per heavy atom. The lowest BCUT2D eigenvalue weighted by molar-refractivity contribution is -0.144. The van der Waals surface area contributed by atoms with Crippen LogP contribution >= 0.6 is 12.6 Å². The second kappa shape index (κ2) is 15.8. The number of nitrogens with two attached hydrogens (primary N) is 2. The van der Waals surface area contributed by atoms with Gasteiger partial charge in [-0.1, -0.05) is 0 Å². The van der Waals surface area contributed by atoms with Gasteiger partial charge >= 0.3 is 17.9 Å². The molecule has 0 fully saturated rings. The molecule has 0 saturated carbocycles. The summed E-state index contributed by atoms with van der Waals surface area (Å²) >= 11 is 3.86. The second-order valence-corrected chi connectivity index (χ2v) is 7.49. The van der Waals surface area contributed by atoms with Gasteiger partial charge in [-0.3, -0.25) is 24.0 Å². The van der Waals surface area contributed by atoms with Gasteiger partial charge in [-0.05, 0) is 32.2 Å². The van der Waals surface area contributed by atoms with Crippen molar-refractivity contribution in [2.45, 2.75) is 62.7 Å². The van der Waals surface area contributed by atoms with Crippen LogP contribution in [-0.2, 0) is 28.8 Å². The molecular weight excluding hydrogens is 462 g/mol. The highest BCUT2D eigenvalue weighted by Crippen LogP contribution is 2.06. The molecule has 0 aliphatic rings. The Labute approximate surface area is 195 Å². The Balaban J connectivity index is 5.49. The molecule has 0 spiro atoms. The molecule has 0 radical (unpaired) electrons. The first-order chi connectivity index (χ1) is 15.4. The molecule has 4 unspecified atom stereocenters. The van der Waals surface area contributed by atoms with E-state index in [1.807, 2.05) is 0 Å². The Kier molecular flexibility index (Phi) is 14.4. The first-order valence-electron chi connectivity index (χ1n) is 10.1. The SMILES string of the molecule is NCCCCC(NC(=O)C(CC(=O)O)NC(=O)C(N)CS)C(=O)NC(CCC(=O)O)C(=O)O. The van der Waals surface area contributed by atoms with Crippen molar-refractivity contribution in [3.8, 4) is 0 Å². The van der Waals surface area contributed by atoms with E-state index in [0.717, 1.165) is 0 Å². The molecule has 4 atom stereocenters. The van der Waals surface area contributed by atoms with E-state index >= 15 is 0 Å². The highest BCUT2D eigenvalue weighted by atomic mass is 32.1. The van der Waals surface area contributed by atoms with Gasteiger partial charge in [0, 0.05) is 12.2 Å². The Morgan fingerprint density at radius 3 is 1.79 bits per heavy atom. The average molecular weight is 494 g/mol. The molecule has 0 saturated heterocycles. The van der Waals surface area contributed by atoms with Gasteiger partial charge in [0.2, 0.25) is 17.7 Å². The molecule has 0 rings (SSSR count). The Hall–Kier alpha value is -2.91. The van der Waals surface area contributed by atoms with Gasteiger partial charge in [0.1, 0.15) is 18.1 Å². The maximum Gasteiger partial charge on any atom is 0.326 e. The third kappa shape index (κ3) is 12.6. The fourth-order valence-electron chi connectivity index (χ4n) is 2.58. The molecule has 0 aromatic rings. The van der Waals surface area contributed by atoms with Gasteiger partial charge in [-0.25, -0.2) is 4.79 Å². The fourth-order valence-corrected chi connectivity index (χ4v) is 2.74. The number of aliphatic carboxylic acids is 3. The van der Waals surface area contributed by atoms with Crippen molar-refractivity contribution in [3.63, 3.8) is 0 Å². The van der Waals surface area contributed by atoms with Crippen LogP contribution in [0.1, 0.15) is 38.5 Å². The van der Waals surface area contributed by atoms with Crippen LogP contribution in [0.3, 0.4) is 0 Å². The smallest absolute Gasteiger partial charge is 0.326 e. The first-order valence-corrected chi connectivity index (χ1v) is 10.7. The van der Waals surface area contributed by atoms with E-state index in [1.165, 1.54) is 0 Å². The number of carboxylic acids is 3. The number of carbonyl (C=O) groups excluding carboxylic acids is 3. The number of carbonyl (C=O) groups is 6. The minimum absolute atomic E-state index is 0.0317. The zero-order valence-corrected chi connectivity index (χ0v) is 18.8. The van der Waals surface area contributed by atoms with Gasteiger partial charge in [0.15, 0.2) is 0 Å². The van der Waals surface area contributed by atoms with Crippen molar-refractivity contribution < 1.29 is 44.1 Å². The summed E-state index contributed by atoms with van der Waals surface area (Å²) < 4.78 is 0. The summed E-state index contributed by atoms with van der Waals surface area (Å²) in [6.07, 6.45) is -0.831. The van der Waals surface area contributed by atoms with Crippen LogP contribution in [-0.4, -0.2) is 87.4 Å². The molecule has 3 amide bonds. The zero-order valence-electron chi connectivity index (χ0n) is 17.9. The highest BCUT2D eigenvalue weighted by Gasteiger charge is 2.31. The number of nitrogens with one attached hydrogen (secondary N) is 3. The Bertz CT molecular complexity index is 721. The Morgan fingerprint density at radius 1 is 0.758 bits per heavy atom. The van der Waals surface area contributed by atoms with Crippen LogP contribution in [0.25, 0.3) is 0 Å². The second-order valence-electron chi connectivity index (χ2n) is 7.13. The molecule has 0 bridgehead atoms. The molecule has 14 nitrogen and oxygen atoms in total. The van der Waals surface area contributed by atoms with Gasteiger partial charge < -0.3 is 42.7 Å². The minimum atomic E-state index is -1.56. The molecular formula is C18H31N5O9S. The molecule has 188 valence electrons. The number of hydrogen-bond donors (Lipinski definition) is 9. The number of carboxylic acid groups (broad SMARTS) is 3. The summed E-state index contributed by atoms with van der Waals surface area (Å²) in [5.74, 6) is -6.92. The minimum Gasteiger partial charge on any atom is -0.481 e. The van der Waals surface area contributed by atoms with Crippen molar-refractivity contribution in [3.05, 3.63) is 0 Å². The predicted octanol–water partition coefficient (Wildman–Crippen LogP) is -2.75. The third-order valence-electron chi connectivity index (χ3n) is 4.39. The number of rotatable bonds is 17. The monoisotopic (exact) mass is 493 g/mol. The molecule has 10 N–H and O–H groups in total. The quantitative estimate of drug-likeness (QED) is 0.0741. The summed E-state index contributed by atoms with van der Waals surface area (Å²) in [4.78, 5) is 70.5. The van der Waals surface area contributed by atoms with Crippen LogP contribution in [0.4, 0.5) is 0 Å². The number of amides is 3. The lowest BCUT2D eigenvalue weighted by Crippen LogP contribution is -2.57. The van der Waals surface area contributed by atoms with Gasteiger partial charge in [0.25, 0.3) is 0 Å². The summed E-state index contributed by atoms with van der Waals surface area (Å²) in [5.41, 5.74) is 10.9. The molecule has 15 heteroatoms. The third-order valence-corrected chi connectivity index (χ3v) is 4.78. The average Bonchev–Trinajstić information content (AvgIpc) is 2.73. The van der Waals surface area contributed by atoms with E-state index in [9.17, 15) is 33.9 Å².